The van der Waals surface area contributed by atoms with Crippen LogP contribution in [0, 0.1) is 0 Å². The average Bonchev–Trinajstić information content (AvgIpc) is 2.98. The molecule has 0 radical (unpaired) electrons. The van der Waals surface area contributed by atoms with Crippen LogP contribution in [-0.4, -0.2) is 16.8 Å². The van der Waals surface area contributed by atoms with Gasteiger partial charge in [-0.05, 0) is 51.3 Å². The highest BCUT2D eigenvalue weighted by atomic mass is 16.6. The number of benzene rings is 1. The van der Waals surface area contributed by atoms with Gasteiger partial charge in [-0.15, -0.1) is 0 Å². The topological polar surface area (TPSA) is 84.6 Å². The lowest BCUT2D eigenvalue weighted by molar-refractivity contribution is 0.0635. The van der Waals surface area contributed by atoms with Gasteiger partial charge in [0.25, 0.3) is 0 Å². The van der Waals surface area contributed by atoms with Crippen molar-refractivity contribution in [1.29, 1.82) is 0 Å². The molecule has 0 spiro atoms. The summed E-state index contributed by atoms with van der Waals surface area (Å²) in [6, 6.07) is 5.06. The van der Waals surface area contributed by atoms with E-state index in [4.69, 9.17) is 10.5 Å². The fourth-order valence-corrected chi connectivity index (χ4v) is 1.78. The Hall–Kier alpha value is -1.75. The van der Waals surface area contributed by atoms with Crippen LogP contribution in [0.3, 0.4) is 0 Å². The van der Waals surface area contributed by atoms with Crippen molar-refractivity contribution in [1.82, 2.24) is 0 Å². The smallest absolute Gasteiger partial charge is 0.412 e. The Morgan fingerprint density at radius 3 is 2.53 bits per heavy atom. The molecule has 1 amide bonds. The first kappa shape index (κ1) is 13.7. The molecular formula is C14H20N2O3. The van der Waals surface area contributed by atoms with Gasteiger partial charge in [-0.25, -0.2) is 4.79 Å². The van der Waals surface area contributed by atoms with E-state index in [1.54, 1.807) is 32.9 Å². The number of nitrogens with one attached hydrogen (secondary N) is 1. The molecule has 0 atom stereocenters. The summed E-state index contributed by atoms with van der Waals surface area (Å²) in [5.74, 6) is 0.0000779. The molecule has 104 valence electrons. The third-order valence-electron chi connectivity index (χ3n) is 3.00. The Morgan fingerprint density at radius 2 is 2.05 bits per heavy atom. The molecule has 0 saturated heterocycles. The second-order valence-electron chi connectivity index (χ2n) is 6.01. The van der Waals surface area contributed by atoms with Gasteiger partial charge in [0.15, 0.2) is 0 Å². The zero-order chi connectivity index (χ0) is 14.3. The van der Waals surface area contributed by atoms with Gasteiger partial charge in [-0.1, -0.05) is 6.07 Å². The van der Waals surface area contributed by atoms with Crippen LogP contribution in [0.4, 0.5) is 10.5 Å². The normalized spacial score (nSPS) is 16.8. The average molecular weight is 264 g/mol. The molecule has 19 heavy (non-hydrogen) atoms. The van der Waals surface area contributed by atoms with Crippen molar-refractivity contribution in [2.24, 2.45) is 5.73 Å². The summed E-state index contributed by atoms with van der Waals surface area (Å²) in [5, 5.41) is 12.4. The summed E-state index contributed by atoms with van der Waals surface area (Å²) in [4.78, 5) is 11.6. The monoisotopic (exact) mass is 264 g/mol. The Labute approximate surface area is 112 Å². The van der Waals surface area contributed by atoms with Crippen LogP contribution in [0.15, 0.2) is 18.2 Å². The molecule has 0 bridgehead atoms. The molecule has 0 heterocycles. The Bertz CT molecular complexity index is 502. The zero-order valence-corrected chi connectivity index (χ0v) is 11.5. The van der Waals surface area contributed by atoms with E-state index in [1.807, 2.05) is 6.07 Å². The maximum atomic E-state index is 11.6. The zero-order valence-electron chi connectivity index (χ0n) is 11.5. The van der Waals surface area contributed by atoms with Gasteiger partial charge in [0, 0.05) is 5.54 Å². The van der Waals surface area contributed by atoms with Gasteiger partial charge in [0.05, 0.1) is 5.69 Å². The van der Waals surface area contributed by atoms with Crippen LogP contribution in [0.25, 0.3) is 0 Å². The molecule has 1 aliphatic rings. The van der Waals surface area contributed by atoms with E-state index in [0.29, 0.717) is 5.69 Å². The highest BCUT2D eigenvalue weighted by Gasteiger charge is 2.40. The molecule has 1 aliphatic carbocycles. The van der Waals surface area contributed by atoms with Crippen molar-refractivity contribution < 1.29 is 14.6 Å². The van der Waals surface area contributed by atoms with Crippen LogP contribution < -0.4 is 11.1 Å². The largest absolute Gasteiger partial charge is 0.506 e. The lowest BCUT2D eigenvalue weighted by Gasteiger charge is -2.20. The predicted molar refractivity (Wildman–Crippen MR) is 73.1 cm³/mol. The number of ether oxygens (including phenoxy) is 1. The van der Waals surface area contributed by atoms with Crippen molar-refractivity contribution in [3.8, 4) is 5.75 Å². The Kier molecular flexibility index (Phi) is 3.18. The number of phenolic OH excluding ortho intramolecular Hbond substituents is 1. The molecular weight excluding hydrogens is 244 g/mol. The number of hydrogen-bond acceptors (Lipinski definition) is 4. The molecule has 1 aromatic carbocycles. The molecule has 0 unspecified atom stereocenters. The highest BCUT2D eigenvalue weighted by Crippen LogP contribution is 2.44. The highest BCUT2D eigenvalue weighted by molar-refractivity contribution is 5.87. The Morgan fingerprint density at radius 1 is 1.42 bits per heavy atom. The summed E-state index contributed by atoms with van der Waals surface area (Å²) in [7, 11) is 0. The van der Waals surface area contributed by atoms with Crippen LogP contribution in [0.2, 0.25) is 0 Å². The molecule has 4 N–H and O–H groups in total. The third kappa shape index (κ3) is 3.38. The van der Waals surface area contributed by atoms with E-state index in [0.717, 1.165) is 18.4 Å². The fraction of sp³-hybridized carbons (Fsp3) is 0.500. The predicted octanol–water partition coefficient (Wildman–Crippen LogP) is 2.69. The Balaban J connectivity index is 2.07. The standard InChI is InChI=1S/C14H20N2O3/c1-13(2,3)19-12(18)16-10-5-4-9(8-11(10)17)14(15)6-7-14/h4-5,8,17H,6-7,15H2,1-3H3,(H,16,18). The summed E-state index contributed by atoms with van der Waals surface area (Å²) < 4.78 is 5.12. The maximum absolute atomic E-state index is 11.6. The molecule has 5 heteroatoms. The number of aromatic hydroxyl groups is 1. The van der Waals surface area contributed by atoms with Crippen molar-refractivity contribution >= 4 is 11.8 Å². The molecule has 1 saturated carbocycles. The molecule has 5 nitrogen and oxygen atoms in total. The first-order chi connectivity index (χ1) is 8.70. The quantitative estimate of drug-likeness (QED) is 0.717. The van der Waals surface area contributed by atoms with Gasteiger partial charge in [0.1, 0.15) is 11.4 Å². The van der Waals surface area contributed by atoms with E-state index in [9.17, 15) is 9.90 Å². The maximum Gasteiger partial charge on any atom is 0.412 e. The van der Waals surface area contributed by atoms with E-state index < -0.39 is 11.7 Å². The van der Waals surface area contributed by atoms with Gasteiger partial charge in [-0.3, -0.25) is 5.32 Å². The second kappa shape index (κ2) is 4.42. The lowest BCUT2D eigenvalue weighted by Crippen LogP contribution is -2.27. The van der Waals surface area contributed by atoms with Crippen LogP contribution in [0.5, 0.6) is 5.75 Å². The van der Waals surface area contributed by atoms with E-state index >= 15 is 0 Å². The number of rotatable bonds is 2. The van der Waals surface area contributed by atoms with Crippen molar-refractivity contribution in [2.45, 2.75) is 44.8 Å². The summed E-state index contributed by atoms with van der Waals surface area (Å²) in [5.41, 5.74) is 6.38. The van der Waals surface area contributed by atoms with Crippen LogP contribution in [0.1, 0.15) is 39.2 Å². The number of nitrogens with two attached hydrogens (primary N) is 1. The van der Waals surface area contributed by atoms with Crippen LogP contribution >= 0.6 is 0 Å². The second-order valence-corrected chi connectivity index (χ2v) is 6.01. The lowest BCUT2D eigenvalue weighted by atomic mass is 10.1. The van der Waals surface area contributed by atoms with Crippen LogP contribution in [-0.2, 0) is 10.3 Å². The van der Waals surface area contributed by atoms with Gasteiger partial charge < -0.3 is 15.6 Å². The number of carbonyl (C=O) groups excluding carboxylic acids is 1. The SMILES string of the molecule is CC(C)(C)OC(=O)Nc1ccc(C2(N)CC2)cc1O. The number of anilines is 1. The number of phenols is 1. The summed E-state index contributed by atoms with van der Waals surface area (Å²) in [6.45, 7) is 5.34. The fourth-order valence-electron chi connectivity index (χ4n) is 1.78. The number of hydrogen-bond donors (Lipinski definition) is 3. The van der Waals surface area contributed by atoms with Crippen molar-refractivity contribution in [3.05, 3.63) is 23.8 Å². The minimum Gasteiger partial charge on any atom is -0.506 e. The molecule has 0 aromatic heterocycles. The third-order valence-corrected chi connectivity index (χ3v) is 3.00. The first-order valence-corrected chi connectivity index (χ1v) is 6.32. The minimum atomic E-state index is -0.593. The van der Waals surface area contributed by atoms with E-state index in [1.165, 1.54) is 0 Å². The van der Waals surface area contributed by atoms with E-state index in [-0.39, 0.29) is 11.3 Å². The van der Waals surface area contributed by atoms with Gasteiger partial charge in [0.2, 0.25) is 0 Å². The molecule has 0 aliphatic heterocycles. The first-order valence-electron chi connectivity index (χ1n) is 6.32. The summed E-state index contributed by atoms with van der Waals surface area (Å²) >= 11 is 0. The van der Waals surface area contributed by atoms with Crippen molar-refractivity contribution in [3.63, 3.8) is 0 Å². The number of amides is 1. The van der Waals surface area contributed by atoms with Gasteiger partial charge in [-0.2, -0.15) is 0 Å². The summed E-state index contributed by atoms with van der Waals surface area (Å²) in [6.07, 6.45) is 1.25. The number of carbonyl (C=O) groups is 1. The van der Waals surface area contributed by atoms with Gasteiger partial charge >= 0.3 is 6.09 Å². The molecule has 1 fully saturated rings. The van der Waals surface area contributed by atoms with E-state index in [2.05, 4.69) is 5.32 Å². The van der Waals surface area contributed by atoms with Crippen molar-refractivity contribution in [2.75, 3.05) is 5.32 Å². The molecule has 1 aromatic rings. The molecule has 2 rings (SSSR count). The minimum absolute atomic E-state index is 0.0000779.